The van der Waals surface area contributed by atoms with Crippen LogP contribution in [0, 0.1) is 0 Å². The van der Waals surface area contributed by atoms with E-state index in [4.69, 9.17) is 0 Å². The maximum absolute atomic E-state index is 9.72. The summed E-state index contributed by atoms with van der Waals surface area (Å²) in [7, 11) is 0. The molecular formula is C26H52N2O. The first-order valence-corrected chi connectivity index (χ1v) is 13.1. The minimum Gasteiger partial charge on any atom is -0.374 e. The Morgan fingerprint density at radius 1 is 0.690 bits per heavy atom. The standard InChI is InChI=1S/C26H52N2O/c1-3-4-5-6-7-8-9-10-11-12-13-14-15-16-17-18-19-20-21-22-26-27-23-24-28(26)25(2)29/h23-27,29H,3-22H2,1-2H3. The Morgan fingerprint density at radius 2 is 1.07 bits per heavy atom. The highest BCUT2D eigenvalue weighted by Gasteiger charge is 2.20. The van der Waals surface area contributed by atoms with Crippen LogP contribution in [0.15, 0.2) is 12.4 Å². The number of hydrogen-bond acceptors (Lipinski definition) is 3. The molecule has 2 N–H and O–H groups in total. The molecule has 0 radical (unpaired) electrons. The molecule has 3 nitrogen and oxygen atoms in total. The number of hydrogen-bond donors (Lipinski definition) is 2. The molecular weight excluding hydrogens is 356 g/mol. The van der Waals surface area contributed by atoms with Crippen LogP contribution in [0.4, 0.5) is 0 Å². The van der Waals surface area contributed by atoms with Gasteiger partial charge in [0.05, 0.1) is 0 Å². The molecule has 172 valence electrons. The maximum atomic E-state index is 9.72. The summed E-state index contributed by atoms with van der Waals surface area (Å²) in [5.74, 6) is 0. The molecule has 0 aromatic heterocycles. The van der Waals surface area contributed by atoms with E-state index < -0.39 is 6.23 Å². The first-order chi connectivity index (χ1) is 14.3. The Morgan fingerprint density at radius 3 is 1.45 bits per heavy atom. The van der Waals surface area contributed by atoms with Gasteiger partial charge in [0.25, 0.3) is 0 Å². The Hall–Kier alpha value is -0.700. The van der Waals surface area contributed by atoms with Crippen LogP contribution in [0.1, 0.15) is 142 Å². The lowest BCUT2D eigenvalue weighted by Crippen LogP contribution is -2.40. The topological polar surface area (TPSA) is 35.5 Å². The summed E-state index contributed by atoms with van der Waals surface area (Å²) in [4.78, 5) is 2.01. The van der Waals surface area contributed by atoms with Gasteiger partial charge in [-0.3, -0.25) is 0 Å². The predicted molar refractivity (Wildman–Crippen MR) is 128 cm³/mol. The fourth-order valence-corrected chi connectivity index (χ4v) is 4.46. The third-order valence-electron chi connectivity index (χ3n) is 6.41. The van der Waals surface area contributed by atoms with Gasteiger partial charge in [0.2, 0.25) is 0 Å². The Kier molecular flexibility index (Phi) is 17.5. The Labute approximate surface area is 182 Å². The lowest BCUT2D eigenvalue weighted by Gasteiger charge is -2.28. The molecule has 0 saturated carbocycles. The molecule has 1 aliphatic rings. The smallest absolute Gasteiger partial charge is 0.125 e. The van der Waals surface area contributed by atoms with Gasteiger partial charge in [0.1, 0.15) is 12.4 Å². The number of unbranched alkanes of at least 4 members (excludes halogenated alkanes) is 18. The highest BCUT2D eigenvalue weighted by atomic mass is 16.3. The number of aliphatic hydroxyl groups is 1. The second-order valence-corrected chi connectivity index (χ2v) is 9.23. The summed E-state index contributed by atoms with van der Waals surface area (Å²) in [6.45, 7) is 4.13. The van der Waals surface area contributed by atoms with E-state index in [1.807, 2.05) is 24.2 Å². The second-order valence-electron chi connectivity index (χ2n) is 9.23. The van der Waals surface area contributed by atoms with Gasteiger partial charge in [-0.1, -0.05) is 122 Å². The molecule has 0 fully saturated rings. The van der Waals surface area contributed by atoms with E-state index in [2.05, 4.69) is 12.2 Å². The average molecular weight is 409 g/mol. The van der Waals surface area contributed by atoms with E-state index in [0.717, 1.165) is 6.42 Å². The van der Waals surface area contributed by atoms with E-state index in [0.29, 0.717) is 6.17 Å². The minimum atomic E-state index is -0.397. The van der Waals surface area contributed by atoms with E-state index in [1.165, 1.54) is 122 Å². The molecule has 3 heteroatoms. The van der Waals surface area contributed by atoms with Gasteiger partial charge in [-0.15, -0.1) is 0 Å². The third-order valence-corrected chi connectivity index (χ3v) is 6.41. The molecule has 1 aliphatic heterocycles. The van der Waals surface area contributed by atoms with E-state index in [-0.39, 0.29) is 0 Å². The first-order valence-electron chi connectivity index (χ1n) is 13.1. The minimum absolute atomic E-state index is 0.292. The summed E-state index contributed by atoms with van der Waals surface area (Å²) < 4.78 is 0. The van der Waals surface area contributed by atoms with Gasteiger partial charge >= 0.3 is 0 Å². The number of nitrogens with zero attached hydrogens (tertiary/aromatic N) is 1. The Bertz CT molecular complexity index is 370. The van der Waals surface area contributed by atoms with Crippen molar-refractivity contribution in [3.63, 3.8) is 0 Å². The van der Waals surface area contributed by atoms with Crippen LogP contribution in [0.5, 0.6) is 0 Å². The van der Waals surface area contributed by atoms with E-state index in [9.17, 15) is 5.11 Å². The quantitative estimate of drug-likeness (QED) is 0.190. The second kappa shape index (κ2) is 19.3. The van der Waals surface area contributed by atoms with Gasteiger partial charge in [0, 0.05) is 12.4 Å². The maximum Gasteiger partial charge on any atom is 0.125 e. The van der Waals surface area contributed by atoms with E-state index in [1.54, 1.807) is 0 Å². The average Bonchev–Trinajstić information content (AvgIpc) is 3.18. The fraction of sp³-hybridized carbons (Fsp3) is 0.923. The summed E-state index contributed by atoms with van der Waals surface area (Å²) in [5.41, 5.74) is 0. The molecule has 0 saturated heterocycles. The Balaban J connectivity index is 1.71. The monoisotopic (exact) mass is 408 g/mol. The molecule has 0 aromatic carbocycles. The van der Waals surface area contributed by atoms with Gasteiger partial charge in [-0.05, 0) is 19.8 Å². The van der Waals surface area contributed by atoms with E-state index >= 15 is 0 Å². The number of aliphatic hydroxyl groups excluding tert-OH is 1. The molecule has 0 amide bonds. The van der Waals surface area contributed by atoms with Crippen LogP contribution >= 0.6 is 0 Å². The van der Waals surface area contributed by atoms with Crippen LogP contribution in [-0.4, -0.2) is 22.4 Å². The molecule has 1 heterocycles. The first kappa shape index (κ1) is 26.3. The zero-order chi connectivity index (χ0) is 21.0. The van der Waals surface area contributed by atoms with Crippen LogP contribution in [0.2, 0.25) is 0 Å². The van der Waals surface area contributed by atoms with Crippen molar-refractivity contribution in [1.82, 2.24) is 10.2 Å². The highest BCUT2D eigenvalue weighted by molar-refractivity contribution is 4.94. The SMILES string of the molecule is CCCCCCCCCCCCCCCCCCCCCC1NC=CN1C(C)O. The van der Waals surface area contributed by atoms with Crippen LogP contribution in [0.3, 0.4) is 0 Å². The molecule has 0 spiro atoms. The molecule has 1 rings (SSSR count). The summed E-state index contributed by atoms with van der Waals surface area (Å²) >= 11 is 0. The third kappa shape index (κ3) is 14.9. The van der Waals surface area contributed by atoms with Crippen molar-refractivity contribution in [1.29, 1.82) is 0 Å². The predicted octanol–water partition coefficient (Wildman–Crippen LogP) is 7.85. The normalized spacial score (nSPS) is 17.1. The van der Waals surface area contributed by atoms with Gasteiger partial charge in [0.15, 0.2) is 0 Å². The van der Waals surface area contributed by atoms with Gasteiger partial charge in [-0.2, -0.15) is 0 Å². The zero-order valence-electron chi connectivity index (χ0n) is 19.8. The van der Waals surface area contributed by atoms with Crippen molar-refractivity contribution in [3.05, 3.63) is 12.4 Å². The van der Waals surface area contributed by atoms with Crippen molar-refractivity contribution in [2.24, 2.45) is 0 Å². The van der Waals surface area contributed by atoms with Crippen LogP contribution in [-0.2, 0) is 0 Å². The van der Waals surface area contributed by atoms with Crippen molar-refractivity contribution < 1.29 is 5.11 Å². The number of nitrogens with one attached hydrogen (secondary N) is 1. The lowest BCUT2D eigenvalue weighted by atomic mass is 10.0. The summed E-state index contributed by atoms with van der Waals surface area (Å²) in [6, 6.07) is 0. The van der Waals surface area contributed by atoms with Crippen molar-refractivity contribution >= 4 is 0 Å². The van der Waals surface area contributed by atoms with Crippen molar-refractivity contribution in [2.75, 3.05) is 0 Å². The largest absolute Gasteiger partial charge is 0.374 e. The molecule has 2 atom stereocenters. The van der Waals surface area contributed by atoms with Crippen LogP contribution < -0.4 is 5.32 Å². The van der Waals surface area contributed by atoms with Gasteiger partial charge in [-0.25, -0.2) is 0 Å². The zero-order valence-corrected chi connectivity index (χ0v) is 19.8. The highest BCUT2D eigenvalue weighted by Crippen LogP contribution is 2.17. The molecule has 0 aliphatic carbocycles. The molecule has 2 unspecified atom stereocenters. The summed E-state index contributed by atoms with van der Waals surface area (Å²) in [5, 5.41) is 13.0. The number of rotatable bonds is 21. The molecule has 29 heavy (non-hydrogen) atoms. The molecule has 0 aromatic rings. The van der Waals surface area contributed by atoms with Crippen LogP contribution in [0.25, 0.3) is 0 Å². The lowest BCUT2D eigenvalue weighted by molar-refractivity contribution is 0.0254. The van der Waals surface area contributed by atoms with Gasteiger partial charge < -0.3 is 15.3 Å². The fourth-order valence-electron chi connectivity index (χ4n) is 4.46. The van der Waals surface area contributed by atoms with Crippen molar-refractivity contribution in [3.8, 4) is 0 Å². The molecule has 0 bridgehead atoms. The van der Waals surface area contributed by atoms with Crippen molar-refractivity contribution in [2.45, 2.75) is 155 Å². The summed E-state index contributed by atoms with van der Waals surface area (Å²) in [6.07, 6.45) is 32.0.